The fourth-order valence-corrected chi connectivity index (χ4v) is 4.02. The smallest absolute Gasteiger partial charge is 0.345 e. The lowest BCUT2D eigenvalue weighted by atomic mass is 10.1. The highest BCUT2D eigenvalue weighted by molar-refractivity contribution is 7.88. The number of nitrogens with zero attached hydrogens (tertiary/aromatic N) is 2. The van der Waals surface area contributed by atoms with Gasteiger partial charge in [-0.05, 0) is 29.7 Å². The Bertz CT molecular complexity index is 1060. The summed E-state index contributed by atoms with van der Waals surface area (Å²) in [5.74, 6) is -1.31. The average Bonchev–Trinajstić information content (AvgIpc) is 3.18. The Morgan fingerprint density at radius 2 is 1.93 bits per heavy atom. The molecule has 0 fully saturated rings. The van der Waals surface area contributed by atoms with Crippen molar-refractivity contribution in [2.24, 2.45) is 4.40 Å². The van der Waals surface area contributed by atoms with Gasteiger partial charge in [-0.1, -0.05) is 18.2 Å². The van der Waals surface area contributed by atoms with Gasteiger partial charge >= 0.3 is 16.2 Å². The number of allylic oxidation sites excluding steroid dienone is 1. The Labute approximate surface area is 160 Å². The summed E-state index contributed by atoms with van der Waals surface area (Å²) >= 11 is 1.31. The van der Waals surface area contributed by atoms with Crippen LogP contribution in [-0.4, -0.2) is 44.5 Å². The van der Waals surface area contributed by atoms with Crippen molar-refractivity contribution in [3.8, 4) is 0 Å². The molecule has 1 N–H and O–H groups in total. The summed E-state index contributed by atoms with van der Waals surface area (Å²) in [6, 6.07) is 9.75. The summed E-state index contributed by atoms with van der Waals surface area (Å²) in [5, 5.41) is 4.34. The van der Waals surface area contributed by atoms with E-state index in [2.05, 4.69) is 9.71 Å². The lowest BCUT2D eigenvalue weighted by molar-refractivity contribution is -0.113. The molecule has 0 atom stereocenters. The Morgan fingerprint density at radius 3 is 2.59 bits per heavy atom. The molecular formula is C17H15N3O5S2. The molecule has 0 unspecified atom stereocenters. The van der Waals surface area contributed by atoms with E-state index in [1.54, 1.807) is 29.6 Å². The van der Waals surface area contributed by atoms with Gasteiger partial charge in [0.05, 0.1) is 28.9 Å². The second-order valence-electron chi connectivity index (χ2n) is 5.42. The number of carbonyl (C=O) groups excluding carboxylic acids is 2. The van der Waals surface area contributed by atoms with Crippen molar-refractivity contribution in [1.82, 2.24) is 4.31 Å². The van der Waals surface area contributed by atoms with Crippen LogP contribution in [0.15, 0.2) is 57.9 Å². The summed E-state index contributed by atoms with van der Waals surface area (Å²) < 4.78 is 33.9. The molecule has 2 aromatic rings. The third-order valence-corrected chi connectivity index (χ3v) is 5.97. The van der Waals surface area contributed by atoms with Gasteiger partial charge in [0.1, 0.15) is 5.70 Å². The van der Waals surface area contributed by atoms with E-state index >= 15 is 0 Å². The lowest BCUT2D eigenvalue weighted by Crippen LogP contribution is -2.35. The predicted octanol–water partition coefficient (Wildman–Crippen LogP) is 2.04. The van der Waals surface area contributed by atoms with Crippen LogP contribution >= 0.6 is 11.3 Å². The van der Waals surface area contributed by atoms with Crippen LogP contribution in [0.2, 0.25) is 0 Å². The maximum absolute atomic E-state index is 12.8. The molecule has 27 heavy (non-hydrogen) atoms. The Morgan fingerprint density at radius 1 is 1.19 bits per heavy atom. The number of para-hydroxylation sites is 1. The van der Waals surface area contributed by atoms with Gasteiger partial charge in [-0.2, -0.15) is 8.42 Å². The first-order valence-corrected chi connectivity index (χ1v) is 9.94. The molecule has 2 heterocycles. The Hall–Kier alpha value is -2.98. The quantitative estimate of drug-likeness (QED) is 0.784. The van der Waals surface area contributed by atoms with E-state index in [1.165, 1.54) is 43.7 Å². The number of ether oxygens (including phenoxy) is 1. The first kappa shape index (κ1) is 18.8. The van der Waals surface area contributed by atoms with Crippen LogP contribution in [-0.2, 0) is 19.7 Å². The molecule has 0 spiro atoms. The molecule has 0 bridgehead atoms. The number of carbonyl (C=O) groups is 2. The summed E-state index contributed by atoms with van der Waals surface area (Å²) in [7, 11) is -1.58. The molecule has 3 rings (SSSR count). The second kappa shape index (κ2) is 7.33. The van der Waals surface area contributed by atoms with Crippen LogP contribution in [0.3, 0.4) is 0 Å². The van der Waals surface area contributed by atoms with Crippen molar-refractivity contribution in [3.05, 3.63) is 64.0 Å². The van der Waals surface area contributed by atoms with Crippen molar-refractivity contribution in [3.63, 3.8) is 0 Å². The molecular weight excluding hydrogens is 390 g/mol. The molecule has 1 aromatic heterocycles. The Balaban J connectivity index is 1.97. The highest BCUT2D eigenvalue weighted by Crippen LogP contribution is 2.24. The summed E-state index contributed by atoms with van der Waals surface area (Å²) in [4.78, 5) is 25.2. The fourth-order valence-electron chi connectivity index (χ4n) is 2.37. The van der Waals surface area contributed by atoms with E-state index in [-0.39, 0.29) is 22.7 Å². The minimum absolute atomic E-state index is 0.118. The standard InChI is InChI=1S/C17H15N3O5S2/c1-20-14(10-13(19-27(20,23)24)15-8-5-9-26-15)16(21)18-12-7-4-3-6-11(12)17(22)25-2/h3-10H,1-2H3,(H,18,21). The van der Waals surface area contributed by atoms with E-state index in [1.807, 2.05) is 0 Å². The summed E-state index contributed by atoms with van der Waals surface area (Å²) in [6.45, 7) is 0. The molecule has 8 nitrogen and oxygen atoms in total. The normalized spacial score (nSPS) is 15.6. The molecule has 140 valence electrons. The van der Waals surface area contributed by atoms with Crippen LogP contribution in [0, 0.1) is 0 Å². The first-order chi connectivity index (χ1) is 12.8. The molecule has 0 radical (unpaired) electrons. The SMILES string of the molecule is COC(=O)c1ccccc1NC(=O)C1=CC(c2cccs2)=NS(=O)(=O)N1C. The number of hydrogen-bond acceptors (Lipinski definition) is 6. The zero-order valence-corrected chi connectivity index (χ0v) is 16.0. The zero-order chi connectivity index (χ0) is 19.6. The molecule has 0 aliphatic carbocycles. The molecule has 1 aromatic carbocycles. The first-order valence-electron chi connectivity index (χ1n) is 7.66. The van der Waals surface area contributed by atoms with Gasteiger partial charge in [-0.3, -0.25) is 4.79 Å². The molecule has 0 saturated heterocycles. The van der Waals surface area contributed by atoms with E-state index < -0.39 is 22.1 Å². The predicted molar refractivity (Wildman–Crippen MR) is 102 cm³/mol. The second-order valence-corrected chi connectivity index (χ2v) is 7.99. The zero-order valence-electron chi connectivity index (χ0n) is 14.4. The largest absolute Gasteiger partial charge is 0.465 e. The van der Waals surface area contributed by atoms with E-state index in [0.29, 0.717) is 4.88 Å². The van der Waals surface area contributed by atoms with E-state index in [4.69, 9.17) is 4.74 Å². The van der Waals surface area contributed by atoms with E-state index in [9.17, 15) is 18.0 Å². The number of hydrogen-bond donors (Lipinski definition) is 1. The number of amides is 1. The number of nitrogens with one attached hydrogen (secondary N) is 1. The van der Waals surface area contributed by atoms with Crippen molar-refractivity contribution < 1.29 is 22.7 Å². The van der Waals surface area contributed by atoms with Gasteiger partial charge in [-0.15, -0.1) is 15.7 Å². The number of rotatable bonds is 4. The minimum Gasteiger partial charge on any atom is -0.465 e. The topological polar surface area (TPSA) is 105 Å². The molecule has 1 aliphatic rings. The summed E-state index contributed by atoms with van der Waals surface area (Å²) in [5.41, 5.74) is 0.422. The van der Waals surface area contributed by atoms with Crippen LogP contribution in [0.4, 0.5) is 5.69 Å². The number of esters is 1. The number of likely N-dealkylation sites (N-methyl/N-ethyl adjacent to an activating group) is 1. The molecule has 1 aliphatic heterocycles. The minimum atomic E-state index is -4.05. The van der Waals surface area contributed by atoms with Crippen molar-refractivity contribution in [2.45, 2.75) is 0 Å². The van der Waals surface area contributed by atoms with E-state index in [0.717, 1.165) is 4.31 Å². The van der Waals surface area contributed by atoms with Crippen molar-refractivity contribution in [2.75, 3.05) is 19.5 Å². The molecule has 1 amide bonds. The van der Waals surface area contributed by atoms with Gasteiger partial charge in [0, 0.05) is 7.05 Å². The fraction of sp³-hybridized carbons (Fsp3) is 0.118. The summed E-state index contributed by atoms with van der Waals surface area (Å²) in [6.07, 6.45) is 1.39. The monoisotopic (exact) mass is 405 g/mol. The third-order valence-electron chi connectivity index (χ3n) is 3.76. The molecule has 0 saturated carbocycles. The van der Waals surface area contributed by atoms with Crippen LogP contribution < -0.4 is 5.32 Å². The van der Waals surface area contributed by atoms with Gasteiger partial charge in [0.2, 0.25) is 0 Å². The number of thiophene rings is 1. The highest BCUT2D eigenvalue weighted by atomic mass is 32.2. The maximum atomic E-state index is 12.8. The van der Waals surface area contributed by atoms with Crippen LogP contribution in [0.1, 0.15) is 15.2 Å². The third kappa shape index (κ3) is 3.76. The van der Waals surface area contributed by atoms with Crippen LogP contribution in [0.5, 0.6) is 0 Å². The van der Waals surface area contributed by atoms with Crippen molar-refractivity contribution in [1.29, 1.82) is 0 Å². The highest BCUT2D eigenvalue weighted by Gasteiger charge is 2.30. The van der Waals surface area contributed by atoms with Gasteiger partial charge < -0.3 is 10.1 Å². The van der Waals surface area contributed by atoms with Gasteiger partial charge in [0.15, 0.2) is 0 Å². The maximum Gasteiger partial charge on any atom is 0.345 e. The van der Waals surface area contributed by atoms with Crippen LogP contribution in [0.25, 0.3) is 0 Å². The van der Waals surface area contributed by atoms with Gasteiger partial charge in [0.25, 0.3) is 5.91 Å². The number of anilines is 1. The average molecular weight is 405 g/mol. The molecule has 10 heteroatoms. The Kier molecular flexibility index (Phi) is 5.10. The van der Waals surface area contributed by atoms with Gasteiger partial charge in [-0.25, -0.2) is 9.10 Å². The van der Waals surface area contributed by atoms with Crippen molar-refractivity contribution >= 4 is 44.8 Å². The lowest BCUT2D eigenvalue weighted by Gasteiger charge is -2.23. The number of methoxy groups -OCH3 is 1. The number of benzene rings is 1.